The first kappa shape index (κ1) is 27.5. The highest BCUT2D eigenvalue weighted by Gasteiger charge is 2.69. The van der Waals surface area contributed by atoms with Crippen molar-refractivity contribution >= 4 is 11.7 Å². The molecule has 204 valence electrons. The van der Waals surface area contributed by atoms with Crippen LogP contribution in [0.1, 0.15) is 112 Å². The number of nitrogens with zero attached hydrogens (tertiary/aromatic N) is 2. The molecule has 0 aromatic heterocycles. The Balaban J connectivity index is 1.61. The Kier molecular flexibility index (Phi) is 7.62. The molecule has 0 aromatic carbocycles. The fourth-order valence-corrected chi connectivity index (χ4v) is 9.56. The van der Waals surface area contributed by atoms with E-state index in [1.54, 1.807) is 0 Å². The lowest BCUT2D eigenvalue weighted by Gasteiger charge is -2.62. The Morgan fingerprint density at radius 1 is 1.14 bits per heavy atom. The fourth-order valence-electron chi connectivity index (χ4n) is 9.56. The highest BCUT2D eigenvalue weighted by atomic mass is 19.1. The molecule has 0 heterocycles. The fraction of sp³-hybridized carbons (Fsp3) is 0.931. The summed E-state index contributed by atoms with van der Waals surface area (Å²) in [5.41, 5.74) is -2.33. The van der Waals surface area contributed by atoms with Crippen LogP contribution in [0.5, 0.6) is 0 Å². The molecule has 1 unspecified atom stereocenters. The summed E-state index contributed by atoms with van der Waals surface area (Å²) >= 11 is 0. The molecule has 4 fully saturated rings. The van der Waals surface area contributed by atoms with E-state index in [1.807, 2.05) is 6.92 Å². The van der Waals surface area contributed by atoms with Gasteiger partial charge in [-0.25, -0.2) is 14.5 Å². The molecule has 0 saturated heterocycles. The van der Waals surface area contributed by atoms with E-state index in [0.717, 1.165) is 25.2 Å². The molecule has 9 atom stereocenters. The van der Waals surface area contributed by atoms with Crippen LogP contribution in [0.2, 0.25) is 0 Å². The number of carbonyl (C=O) groups is 1. The van der Waals surface area contributed by atoms with E-state index < -0.39 is 28.2 Å². The monoisotopic (exact) mass is 506 g/mol. The maximum atomic E-state index is 17.1. The normalized spacial score (nSPS) is 44.0. The number of hydrogen-bond acceptors (Lipinski definition) is 4. The highest BCUT2D eigenvalue weighted by Crippen LogP contribution is 2.69. The predicted octanol–water partition coefficient (Wildman–Crippen LogP) is 7.37. The summed E-state index contributed by atoms with van der Waals surface area (Å²) in [6.45, 7) is 12.8. The van der Waals surface area contributed by atoms with Gasteiger partial charge in [-0.2, -0.15) is 0 Å². The van der Waals surface area contributed by atoms with Gasteiger partial charge in [0.2, 0.25) is 0 Å². The zero-order valence-corrected chi connectivity index (χ0v) is 23.2. The van der Waals surface area contributed by atoms with Gasteiger partial charge in [0.15, 0.2) is 10.7 Å². The molecular formula is C29H47FN2O4. The Bertz CT molecular complexity index is 892. The van der Waals surface area contributed by atoms with Gasteiger partial charge in [-0.3, -0.25) is 4.79 Å². The first-order valence-corrected chi connectivity index (χ1v) is 14.4. The predicted molar refractivity (Wildman–Crippen MR) is 139 cm³/mol. The van der Waals surface area contributed by atoms with Gasteiger partial charge in [0.05, 0.1) is 5.10 Å². The molecule has 4 aliphatic rings. The Morgan fingerprint density at radius 2 is 1.86 bits per heavy atom. The second-order valence-corrected chi connectivity index (χ2v) is 13.6. The number of carbonyl (C=O) groups excluding carboxylic acids is 1. The molecule has 0 aliphatic heterocycles. The van der Waals surface area contributed by atoms with Crippen molar-refractivity contribution in [2.45, 2.75) is 124 Å². The van der Waals surface area contributed by atoms with Crippen LogP contribution in [0.3, 0.4) is 0 Å². The van der Waals surface area contributed by atoms with Crippen molar-refractivity contribution in [1.29, 1.82) is 0 Å². The largest absolute Gasteiger partial charge is 0.462 e. The Labute approximate surface area is 216 Å². The average molecular weight is 507 g/mol. The molecule has 36 heavy (non-hydrogen) atoms. The molecule has 7 heteroatoms. The van der Waals surface area contributed by atoms with E-state index in [4.69, 9.17) is 4.74 Å². The third kappa shape index (κ3) is 4.62. The standard InChI is InChI=1S/C29H47FN2O4/c1-18(2)8-7-9-19(3)23-10-11-24-22-16-26(31-32(34)35)29(30)17-21(36-20(4)33)12-15-28(29,6)25(22)13-14-27(23,24)5/h18-19,21-25H,7-17H2,1-6H3/b31-26+/t19-,21+,22?,23-,24+,25+,27-,28-,29+/m1/s1. The average Bonchev–Trinajstić information content (AvgIpc) is 3.12. The van der Waals surface area contributed by atoms with Crippen LogP contribution in [0.4, 0.5) is 4.39 Å². The van der Waals surface area contributed by atoms with Crippen LogP contribution in [-0.4, -0.2) is 28.5 Å². The lowest BCUT2D eigenvalue weighted by atomic mass is 9.43. The third-order valence-electron chi connectivity index (χ3n) is 11.3. The van der Waals surface area contributed by atoms with Crippen molar-refractivity contribution in [2.24, 2.45) is 51.4 Å². The van der Waals surface area contributed by atoms with Gasteiger partial charge in [-0.1, -0.05) is 53.9 Å². The third-order valence-corrected chi connectivity index (χ3v) is 11.3. The number of hydrogen-bond donors (Lipinski definition) is 0. The van der Waals surface area contributed by atoms with Gasteiger partial charge in [-0.05, 0) is 85.9 Å². The second-order valence-electron chi connectivity index (χ2n) is 13.6. The molecule has 4 saturated carbocycles. The van der Waals surface area contributed by atoms with Crippen LogP contribution < -0.4 is 0 Å². The van der Waals surface area contributed by atoms with E-state index in [-0.39, 0.29) is 29.4 Å². The second kappa shape index (κ2) is 9.98. The summed E-state index contributed by atoms with van der Waals surface area (Å²) in [6, 6.07) is 0. The zero-order valence-electron chi connectivity index (χ0n) is 23.2. The number of rotatable bonds is 7. The molecular weight excluding hydrogens is 459 g/mol. The van der Waals surface area contributed by atoms with Crippen molar-refractivity contribution < 1.29 is 19.0 Å². The maximum absolute atomic E-state index is 17.1. The van der Waals surface area contributed by atoms with Crippen LogP contribution in [-0.2, 0) is 9.53 Å². The molecule has 0 radical (unpaired) electrons. The van der Waals surface area contributed by atoms with Crippen molar-refractivity contribution in [3.63, 3.8) is 0 Å². The lowest BCUT2D eigenvalue weighted by Crippen LogP contribution is -2.65. The van der Waals surface area contributed by atoms with Gasteiger partial charge >= 0.3 is 5.97 Å². The summed E-state index contributed by atoms with van der Waals surface area (Å²) < 4.78 is 22.5. The summed E-state index contributed by atoms with van der Waals surface area (Å²) in [4.78, 5) is 23.2. The smallest absolute Gasteiger partial charge is 0.302 e. The van der Waals surface area contributed by atoms with Crippen molar-refractivity contribution in [3.05, 3.63) is 10.1 Å². The number of halogens is 1. The summed E-state index contributed by atoms with van der Waals surface area (Å²) in [5, 5.41) is 14.5. The van der Waals surface area contributed by atoms with Crippen molar-refractivity contribution in [3.8, 4) is 0 Å². The van der Waals surface area contributed by atoms with Crippen LogP contribution in [0.15, 0.2) is 5.10 Å². The SMILES string of the molecule is CC(=O)O[C@H]1CC[C@]2(C)[C@H]3CC[C@]4(C)[C@@H]([C@H](C)CCCC(C)C)CC[C@H]4C3C/C(=N\[N+](=O)[O-])[C@@]2(F)C1. The summed E-state index contributed by atoms with van der Waals surface area (Å²) in [6.07, 6.45) is 9.19. The number of alkyl halides is 1. The minimum atomic E-state index is -1.91. The molecule has 4 rings (SSSR count). The van der Waals surface area contributed by atoms with Crippen LogP contribution in [0, 0.1) is 56.5 Å². The van der Waals surface area contributed by atoms with Crippen LogP contribution in [0.25, 0.3) is 0 Å². The first-order valence-electron chi connectivity index (χ1n) is 14.4. The molecule has 0 amide bonds. The molecule has 0 spiro atoms. The van der Waals surface area contributed by atoms with E-state index >= 15 is 4.39 Å². The van der Waals surface area contributed by atoms with Gasteiger partial charge in [-0.15, -0.1) is 0 Å². The number of esters is 1. The molecule has 4 aliphatic carbocycles. The summed E-state index contributed by atoms with van der Waals surface area (Å²) in [7, 11) is 0. The Morgan fingerprint density at radius 3 is 2.50 bits per heavy atom. The van der Waals surface area contributed by atoms with Gasteiger partial charge in [0.25, 0.3) is 0 Å². The van der Waals surface area contributed by atoms with Crippen LogP contribution >= 0.6 is 0 Å². The quantitative estimate of drug-likeness (QED) is 0.205. The van der Waals surface area contributed by atoms with E-state index in [1.165, 1.54) is 32.6 Å². The minimum absolute atomic E-state index is 0.0174. The number of ether oxygens (including phenoxy) is 1. The number of fused-ring (bicyclic) bond motifs is 5. The van der Waals surface area contributed by atoms with E-state index in [2.05, 4.69) is 32.8 Å². The van der Waals surface area contributed by atoms with Crippen molar-refractivity contribution in [2.75, 3.05) is 0 Å². The summed E-state index contributed by atoms with van der Waals surface area (Å²) in [5.74, 6) is 2.50. The maximum Gasteiger partial charge on any atom is 0.302 e. The Hall–Kier alpha value is -1.53. The molecule has 0 bridgehead atoms. The van der Waals surface area contributed by atoms with Gasteiger partial charge in [0.1, 0.15) is 11.8 Å². The first-order chi connectivity index (χ1) is 16.8. The van der Waals surface area contributed by atoms with E-state index in [9.17, 15) is 14.9 Å². The molecule has 0 aromatic rings. The zero-order chi connectivity index (χ0) is 26.5. The molecule has 6 nitrogen and oxygen atoms in total. The van der Waals surface area contributed by atoms with E-state index in [0.29, 0.717) is 37.0 Å². The van der Waals surface area contributed by atoms with Crippen molar-refractivity contribution in [1.82, 2.24) is 0 Å². The minimum Gasteiger partial charge on any atom is -0.462 e. The molecule has 0 N–H and O–H groups in total. The highest BCUT2D eigenvalue weighted by molar-refractivity contribution is 5.94. The number of nitro groups is 1. The number of hydrazone groups is 1. The van der Waals surface area contributed by atoms with Gasteiger partial charge in [0, 0.05) is 18.8 Å². The lowest BCUT2D eigenvalue weighted by molar-refractivity contribution is -0.486. The topological polar surface area (TPSA) is 81.8 Å². The van der Waals surface area contributed by atoms with Gasteiger partial charge < -0.3 is 4.74 Å².